The largest absolute Gasteiger partial charge is 0.300 e. The summed E-state index contributed by atoms with van der Waals surface area (Å²) in [6, 6.07) is 0. The molecule has 2 nitrogen and oxygen atoms in total. The van der Waals surface area contributed by atoms with E-state index in [1.165, 1.54) is 0 Å². The summed E-state index contributed by atoms with van der Waals surface area (Å²) < 4.78 is 0. The van der Waals surface area contributed by atoms with Crippen molar-refractivity contribution in [2.75, 3.05) is 0 Å². The van der Waals surface area contributed by atoms with Crippen LogP contribution >= 0.6 is 0 Å². The van der Waals surface area contributed by atoms with Crippen molar-refractivity contribution >= 4 is 11.6 Å². The number of hydrogen-bond acceptors (Lipinski definition) is 2. The second kappa shape index (κ2) is 5.54. The summed E-state index contributed by atoms with van der Waals surface area (Å²) in [5.41, 5.74) is -0.419. The van der Waals surface area contributed by atoms with E-state index in [-0.39, 0.29) is 16.7 Å². The summed E-state index contributed by atoms with van der Waals surface area (Å²) in [6.45, 7) is 9.88. The van der Waals surface area contributed by atoms with Crippen LogP contribution in [0.4, 0.5) is 0 Å². The molecule has 0 radical (unpaired) electrons. The van der Waals surface area contributed by atoms with E-state index in [1.54, 1.807) is 6.92 Å². The number of rotatable bonds is 4. The molecule has 1 rings (SSSR count). The summed E-state index contributed by atoms with van der Waals surface area (Å²) in [6.07, 6.45) is 5.64. The quantitative estimate of drug-likeness (QED) is 0.752. The Balaban J connectivity index is 2.85. The Kier molecular flexibility index (Phi) is 4.74. The number of Topliss-reactive ketones (excluding diaryl/α,β-unsaturated/α-hetero) is 2. The Morgan fingerprint density at radius 2 is 1.67 bits per heavy atom. The number of hydrogen-bond donors (Lipinski definition) is 0. The molecule has 1 aliphatic rings. The van der Waals surface area contributed by atoms with E-state index in [0.717, 1.165) is 38.5 Å². The standard InChI is InChI=1S/C16H28O2/c1-6-9-16(14(18)15(3,4)5)10-7-13(8-11-16)12(2)17/h13H,6-11H2,1-5H3/t13-,16-. The van der Waals surface area contributed by atoms with E-state index >= 15 is 0 Å². The molecule has 0 amide bonds. The third-order valence-electron chi connectivity index (χ3n) is 4.41. The molecule has 0 heterocycles. The molecule has 1 fully saturated rings. The van der Waals surface area contributed by atoms with E-state index < -0.39 is 0 Å². The molecule has 0 aliphatic heterocycles. The SMILES string of the molecule is CCC[C@]1(C(=O)C(C)(C)C)CC[C@H](C(C)=O)CC1. The van der Waals surface area contributed by atoms with E-state index in [0.29, 0.717) is 11.6 Å². The van der Waals surface area contributed by atoms with Gasteiger partial charge in [-0.15, -0.1) is 0 Å². The molecule has 0 unspecified atom stereocenters. The van der Waals surface area contributed by atoms with Gasteiger partial charge >= 0.3 is 0 Å². The molecule has 0 N–H and O–H groups in total. The lowest BCUT2D eigenvalue weighted by Crippen LogP contribution is -2.42. The molecule has 0 aromatic carbocycles. The summed E-state index contributed by atoms with van der Waals surface area (Å²) in [4.78, 5) is 24.2. The fraction of sp³-hybridized carbons (Fsp3) is 0.875. The molecule has 0 aromatic rings. The van der Waals surface area contributed by atoms with Crippen molar-refractivity contribution in [1.82, 2.24) is 0 Å². The van der Waals surface area contributed by atoms with E-state index in [2.05, 4.69) is 6.92 Å². The maximum absolute atomic E-state index is 12.7. The maximum atomic E-state index is 12.7. The van der Waals surface area contributed by atoms with Crippen LogP contribution in [0.15, 0.2) is 0 Å². The van der Waals surface area contributed by atoms with Crippen LogP contribution in [-0.4, -0.2) is 11.6 Å². The summed E-state index contributed by atoms with van der Waals surface area (Å²) >= 11 is 0. The van der Waals surface area contributed by atoms with Crippen LogP contribution in [-0.2, 0) is 9.59 Å². The lowest BCUT2D eigenvalue weighted by atomic mass is 9.61. The van der Waals surface area contributed by atoms with Gasteiger partial charge in [0.1, 0.15) is 11.6 Å². The lowest BCUT2D eigenvalue weighted by Gasteiger charge is -2.42. The smallest absolute Gasteiger partial charge is 0.144 e. The molecular formula is C16H28O2. The number of ketones is 2. The van der Waals surface area contributed by atoms with Crippen molar-refractivity contribution in [3.05, 3.63) is 0 Å². The zero-order chi connectivity index (χ0) is 14.0. The third-order valence-corrected chi connectivity index (χ3v) is 4.41. The normalized spacial score (nSPS) is 29.1. The van der Waals surface area contributed by atoms with Gasteiger partial charge in [0.05, 0.1) is 0 Å². The first kappa shape index (κ1) is 15.4. The van der Waals surface area contributed by atoms with Gasteiger partial charge in [-0.3, -0.25) is 9.59 Å². The summed E-state index contributed by atoms with van der Waals surface area (Å²) in [7, 11) is 0. The minimum atomic E-state index is -0.266. The molecule has 0 saturated heterocycles. The molecule has 104 valence electrons. The molecular weight excluding hydrogens is 224 g/mol. The van der Waals surface area contributed by atoms with E-state index in [9.17, 15) is 9.59 Å². The Morgan fingerprint density at radius 3 is 2.00 bits per heavy atom. The third kappa shape index (κ3) is 3.21. The van der Waals surface area contributed by atoms with Gasteiger partial charge in [0.25, 0.3) is 0 Å². The fourth-order valence-corrected chi connectivity index (χ4v) is 3.44. The zero-order valence-corrected chi connectivity index (χ0v) is 12.6. The van der Waals surface area contributed by atoms with Gasteiger partial charge in [0.15, 0.2) is 0 Å². The minimum absolute atomic E-state index is 0.154. The highest BCUT2D eigenvalue weighted by Crippen LogP contribution is 2.46. The molecule has 0 atom stereocenters. The van der Waals surface area contributed by atoms with Gasteiger partial charge in [-0.05, 0) is 39.0 Å². The number of carbonyl (C=O) groups excluding carboxylic acids is 2. The molecule has 18 heavy (non-hydrogen) atoms. The van der Waals surface area contributed by atoms with Crippen LogP contribution in [0.25, 0.3) is 0 Å². The van der Waals surface area contributed by atoms with Crippen molar-refractivity contribution in [2.24, 2.45) is 16.7 Å². The average Bonchev–Trinajstić information content (AvgIpc) is 2.27. The van der Waals surface area contributed by atoms with Crippen molar-refractivity contribution in [3.8, 4) is 0 Å². The van der Waals surface area contributed by atoms with Crippen LogP contribution in [0.3, 0.4) is 0 Å². The average molecular weight is 252 g/mol. The van der Waals surface area contributed by atoms with Crippen LogP contribution in [0.5, 0.6) is 0 Å². The van der Waals surface area contributed by atoms with Gasteiger partial charge in [0.2, 0.25) is 0 Å². The first-order chi connectivity index (χ1) is 8.23. The highest BCUT2D eigenvalue weighted by Gasteiger charge is 2.45. The van der Waals surface area contributed by atoms with Gasteiger partial charge in [0, 0.05) is 16.7 Å². The van der Waals surface area contributed by atoms with E-state index in [4.69, 9.17) is 0 Å². The van der Waals surface area contributed by atoms with Gasteiger partial charge in [-0.1, -0.05) is 34.1 Å². The Labute approximate surface area is 112 Å². The summed E-state index contributed by atoms with van der Waals surface area (Å²) in [5, 5.41) is 0. The van der Waals surface area contributed by atoms with Crippen molar-refractivity contribution in [3.63, 3.8) is 0 Å². The molecule has 0 aromatic heterocycles. The minimum Gasteiger partial charge on any atom is -0.300 e. The predicted octanol–water partition coefficient (Wildman–Crippen LogP) is 4.17. The van der Waals surface area contributed by atoms with Crippen molar-refractivity contribution in [2.45, 2.75) is 73.1 Å². The van der Waals surface area contributed by atoms with Gasteiger partial charge in [-0.2, -0.15) is 0 Å². The molecule has 0 spiro atoms. The monoisotopic (exact) mass is 252 g/mol. The maximum Gasteiger partial charge on any atom is 0.144 e. The fourth-order valence-electron chi connectivity index (χ4n) is 3.44. The first-order valence-corrected chi connectivity index (χ1v) is 7.28. The Hall–Kier alpha value is -0.660. The predicted molar refractivity (Wildman–Crippen MR) is 74.4 cm³/mol. The van der Waals surface area contributed by atoms with Crippen LogP contribution in [0.2, 0.25) is 0 Å². The second-order valence-electron chi connectivity index (χ2n) is 6.99. The van der Waals surface area contributed by atoms with Crippen LogP contribution in [0, 0.1) is 16.7 Å². The lowest BCUT2D eigenvalue weighted by molar-refractivity contribution is -0.141. The van der Waals surface area contributed by atoms with Crippen molar-refractivity contribution < 1.29 is 9.59 Å². The molecule has 1 saturated carbocycles. The first-order valence-electron chi connectivity index (χ1n) is 7.28. The van der Waals surface area contributed by atoms with Crippen LogP contribution in [0.1, 0.15) is 73.1 Å². The van der Waals surface area contributed by atoms with Crippen LogP contribution < -0.4 is 0 Å². The highest BCUT2D eigenvalue weighted by molar-refractivity contribution is 5.89. The topological polar surface area (TPSA) is 34.1 Å². The Bertz CT molecular complexity index is 314. The number of carbonyl (C=O) groups is 2. The van der Waals surface area contributed by atoms with Crippen molar-refractivity contribution in [1.29, 1.82) is 0 Å². The Morgan fingerprint density at radius 1 is 1.17 bits per heavy atom. The second-order valence-corrected chi connectivity index (χ2v) is 6.99. The zero-order valence-electron chi connectivity index (χ0n) is 12.6. The molecule has 0 bridgehead atoms. The molecule has 2 heteroatoms. The van der Waals surface area contributed by atoms with Gasteiger partial charge in [-0.25, -0.2) is 0 Å². The van der Waals surface area contributed by atoms with Gasteiger partial charge < -0.3 is 0 Å². The summed E-state index contributed by atoms with van der Waals surface area (Å²) in [5.74, 6) is 0.893. The highest BCUT2D eigenvalue weighted by atomic mass is 16.1. The molecule has 1 aliphatic carbocycles. The van der Waals surface area contributed by atoms with E-state index in [1.807, 2.05) is 20.8 Å².